The second kappa shape index (κ2) is 9.40. The van der Waals surface area contributed by atoms with E-state index < -0.39 is 23.3 Å². The van der Waals surface area contributed by atoms with E-state index in [0.717, 1.165) is 4.90 Å². The van der Waals surface area contributed by atoms with Gasteiger partial charge in [0.15, 0.2) is 0 Å². The first-order valence-corrected chi connectivity index (χ1v) is 10.8. The van der Waals surface area contributed by atoms with Crippen LogP contribution in [0, 0.1) is 0 Å². The summed E-state index contributed by atoms with van der Waals surface area (Å²) in [7, 11) is 1.50. The second-order valence-electron chi connectivity index (χ2n) is 8.56. The molecule has 4 amide bonds. The maximum absolute atomic E-state index is 13.0. The molecule has 0 aliphatic carbocycles. The van der Waals surface area contributed by atoms with Crippen molar-refractivity contribution in [2.75, 3.05) is 11.9 Å². The maximum atomic E-state index is 13.0. The van der Waals surface area contributed by atoms with Crippen molar-refractivity contribution < 1.29 is 19.2 Å². The zero-order chi connectivity index (χ0) is 24.4. The van der Waals surface area contributed by atoms with Crippen molar-refractivity contribution in [1.29, 1.82) is 0 Å². The highest BCUT2D eigenvalue weighted by molar-refractivity contribution is 6.21. The highest BCUT2D eigenvalue weighted by atomic mass is 16.2. The first kappa shape index (κ1) is 23.9. The molecule has 0 saturated heterocycles. The summed E-state index contributed by atoms with van der Waals surface area (Å²) in [5.41, 5.74) is 0.380. The predicted octanol–water partition coefficient (Wildman–Crippen LogP) is 2.27. The molecule has 2 aromatic rings. The van der Waals surface area contributed by atoms with Crippen molar-refractivity contribution >= 4 is 29.3 Å². The number of aromatic nitrogens is 1. The van der Waals surface area contributed by atoms with Gasteiger partial charge >= 0.3 is 0 Å². The number of amides is 4. The van der Waals surface area contributed by atoms with E-state index in [1.165, 1.54) is 23.9 Å². The molecule has 0 unspecified atom stereocenters. The van der Waals surface area contributed by atoms with E-state index in [0.29, 0.717) is 11.1 Å². The molecule has 0 spiro atoms. The van der Waals surface area contributed by atoms with Crippen LogP contribution < -0.4 is 10.9 Å². The minimum atomic E-state index is -0.544. The number of anilines is 1. The largest absolute Gasteiger partial charge is 0.334 e. The Hall–Kier alpha value is -3.75. The molecule has 0 saturated carbocycles. The van der Waals surface area contributed by atoms with Gasteiger partial charge in [0, 0.05) is 38.3 Å². The van der Waals surface area contributed by atoms with Gasteiger partial charge in [-0.25, -0.2) is 0 Å². The monoisotopic (exact) mass is 452 g/mol. The standard InChI is InChI=1S/C24H28N4O5/c1-14(2)28(15(3)4)21(30)16-12-19(24(33)26(5)13-16)25-20(29)10-11-27-22(31)17-8-6-7-9-18(17)23(27)32/h6-9,12-15H,10-11H2,1-5H3,(H,25,29). The van der Waals surface area contributed by atoms with Crippen LogP contribution in [0.5, 0.6) is 0 Å². The quantitative estimate of drug-likeness (QED) is 0.649. The molecule has 33 heavy (non-hydrogen) atoms. The molecule has 0 fully saturated rings. The molecule has 9 nitrogen and oxygen atoms in total. The van der Waals surface area contributed by atoms with Crippen LogP contribution in [-0.4, -0.2) is 56.6 Å². The molecular formula is C24H28N4O5. The Morgan fingerprint density at radius 2 is 1.52 bits per heavy atom. The van der Waals surface area contributed by atoms with E-state index in [1.807, 2.05) is 27.7 Å². The Morgan fingerprint density at radius 1 is 0.970 bits per heavy atom. The van der Waals surface area contributed by atoms with Crippen LogP contribution in [0.4, 0.5) is 5.69 Å². The third kappa shape index (κ3) is 4.72. The van der Waals surface area contributed by atoms with Crippen LogP contribution in [-0.2, 0) is 11.8 Å². The number of benzene rings is 1. The van der Waals surface area contributed by atoms with Crippen LogP contribution in [0.2, 0.25) is 0 Å². The van der Waals surface area contributed by atoms with Gasteiger partial charge in [0.05, 0.1) is 16.7 Å². The number of carbonyl (C=O) groups is 4. The summed E-state index contributed by atoms with van der Waals surface area (Å²) in [6, 6.07) is 7.75. The summed E-state index contributed by atoms with van der Waals surface area (Å²) in [6.07, 6.45) is 1.26. The van der Waals surface area contributed by atoms with E-state index >= 15 is 0 Å². The molecule has 2 heterocycles. The van der Waals surface area contributed by atoms with Crippen LogP contribution in [0.3, 0.4) is 0 Å². The number of hydrogen-bond donors (Lipinski definition) is 1. The third-order valence-electron chi connectivity index (χ3n) is 5.49. The molecule has 3 rings (SSSR count). The highest BCUT2D eigenvalue weighted by Gasteiger charge is 2.35. The molecule has 0 atom stereocenters. The van der Waals surface area contributed by atoms with Gasteiger partial charge in [-0.1, -0.05) is 12.1 Å². The Morgan fingerprint density at radius 3 is 2.03 bits per heavy atom. The summed E-state index contributed by atoms with van der Waals surface area (Å²) < 4.78 is 1.24. The molecule has 9 heteroatoms. The minimum Gasteiger partial charge on any atom is -0.334 e. The zero-order valence-corrected chi connectivity index (χ0v) is 19.4. The number of aryl methyl sites for hydroxylation is 1. The molecule has 1 N–H and O–H groups in total. The number of nitrogens with one attached hydrogen (secondary N) is 1. The summed E-state index contributed by atoms with van der Waals surface area (Å²) in [5.74, 6) is -1.70. The third-order valence-corrected chi connectivity index (χ3v) is 5.49. The van der Waals surface area contributed by atoms with Crippen LogP contribution in [0.1, 0.15) is 65.2 Å². The van der Waals surface area contributed by atoms with Gasteiger partial charge < -0.3 is 14.8 Å². The zero-order valence-electron chi connectivity index (χ0n) is 19.4. The Balaban J connectivity index is 1.74. The minimum absolute atomic E-state index is 0.0387. The molecule has 174 valence electrons. The molecule has 0 radical (unpaired) electrons. The van der Waals surface area contributed by atoms with Crippen LogP contribution in [0.25, 0.3) is 0 Å². The first-order valence-electron chi connectivity index (χ1n) is 10.8. The maximum Gasteiger partial charge on any atom is 0.274 e. The van der Waals surface area contributed by atoms with Crippen molar-refractivity contribution in [2.24, 2.45) is 7.05 Å². The van der Waals surface area contributed by atoms with Gasteiger partial charge in [0.25, 0.3) is 23.3 Å². The van der Waals surface area contributed by atoms with E-state index in [4.69, 9.17) is 0 Å². The fourth-order valence-electron chi connectivity index (χ4n) is 4.00. The predicted molar refractivity (Wildman–Crippen MR) is 123 cm³/mol. The molecule has 0 bridgehead atoms. The van der Waals surface area contributed by atoms with E-state index in [-0.39, 0.29) is 42.2 Å². The van der Waals surface area contributed by atoms with Gasteiger partial charge in [-0.3, -0.25) is 28.9 Å². The van der Waals surface area contributed by atoms with Crippen LogP contribution >= 0.6 is 0 Å². The highest BCUT2D eigenvalue weighted by Crippen LogP contribution is 2.22. The number of nitrogens with zero attached hydrogens (tertiary/aromatic N) is 3. The Labute approximate surface area is 192 Å². The van der Waals surface area contributed by atoms with Gasteiger partial charge in [0.1, 0.15) is 5.69 Å². The molecule has 1 aliphatic heterocycles. The van der Waals surface area contributed by atoms with Crippen molar-refractivity contribution in [1.82, 2.24) is 14.4 Å². The topological polar surface area (TPSA) is 109 Å². The molecule has 1 aromatic heterocycles. The molecule has 1 aromatic carbocycles. The van der Waals surface area contributed by atoms with Crippen molar-refractivity contribution in [3.05, 3.63) is 63.6 Å². The van der Waals surface area contributed by atoms with Crippen molar-refractivity contribution in [3.63, 3.8) is 0 Å². The number of pyridine rings is 1. The smallest absolute Gasteiger partial charge is 0.274 e. The first-order chi connectivity index (χ1) is 15.5. The number of imide groups is 1. The fourth-order valence-corrected chi connectivity index (χ4v) is 4.00. The van der Waals surface area contributed by atoms with E-state index in [2.05, 4.69) is 5.32 Å². The molecular weight excluding hydrogens is 424 g/mol. The van der Waals surface area contributed by atoms with Crippen molar-refractivity contribution in [3.8, 4) is 0 Å². The number of hydrogen-bond acceptors (Lipinski definition) is 5. The number of rotatable bonds is 7. The number of carbonyl (C=O) groups excluding carboxylic acids is 4. The SMILES string of the molecule is CC(C)N(C(=O)c1cc(NC(=O)CCN2C(=O)c3ccccc3C2=O)c(=O)n(C)c1)C(C)C. The van der Waals surface area contributed by atoms with Gasteiger partial charge in [-0.2, -0.15) is 0 Å². The lowest BCUT2D eigenvalue weighted by atomic mass is 10.1. The summed E-state index contributed by atoms with van der Waals surface area (Å²) in [4.78, 5) is 65.7. The van der Waals surface area contributed by atoms with Crippen molar-refractivity contribution in [2.45, 2.75) is 46.2 Å². The number of fused-ring (bicyclic) bond motifs is 1. The second-order valence-corrected chi connectivity index (χ2v) is 8.56. The summed E-state index contributed by atoms with van der Waals surface area (Å²) in [6.45, 7) is 7.50. The average Bonchev–Trinajstić information content (AvgIpc) is 2.99. The Bertz CT molecular complexity index is 1140. The average molecular weight is 453 g/mol. The summed E-state index contributed by atoms with van der Waals surface area (Å²) in [5, 5.41) is 2.53. The van der Waals surface area contributed by atoms with Gasteiger partial charge in [-0.15, -0.1) is 0 Å². The lowest BCUT2D eigenvalue weighted by Gasteiger charge is -2.31. The van der Waals surface area contributed by atoms with Gasteiger partial charge in [-0.05, 0) is 45.9 Å². The van der Waals surface area contributed by atoms with Crippen LogP contribution in [0.15, 0.2) is 41.3 Å². The van der Waals surface area contributed by atoms with E-state index in [1.54, 1.807) is 29.2 Å². The Kier molecular flexibility index (Phi) is 6.81. The summed E-state index contributed by atoms with van der Waals surface area (Å²) >= 11 is 0. The van der Waals surface area contributed by atoms with Gasteiger partial charge in [0.2, 0.25) is 5.91 Å². The lowest BCUT2D eigenvalue weighted by molar-refractivity contribution is -0.116. The molecule has 1 aliphatic rings. The lowest BCUT2D eigenvalue weighted by Crippen LogP contribution is -2.42. The fraction of sp³-hybridized carbons (Fsp3) is 0.375. The van der Waals surface area contributed by atoms with E-state index in [9.17, 15) is 24.0 Å². The normalized spacial score (nSPS) is 13.0.